The van der Waals surface area contributed by atoms with Crippen molar-refractivity contribution in [2.75, 3.05) is 0 Å². The van der Waals surface area contributed by atoms with Gasteiger partial charge in [0.05, 0.1) is 16.1 Å². The van der Waals surface area contributed by atoms with E-state index in [0.717, 1.165) is 5.56 Å². The van der Waals surface area contributed by atoms with Crippen LogP contribution in [0.1, 0.15) is 43.0 Å². The van der Waals surface area contributed by atoms with Crippen LogP contribution >= 0.6 is 11.6 Å². The van der Waals surface area contributed by atoms with Gasteiger partial charge in [0, 0.05) is 28.3 Å². The zero-order valence-corrected chi connectivity index (χ0v) is 19.1. The van der Waals surface area contributed by atoms with Gasteiger partial charge in [-0.05, 0) is 67.4 Å². The molecule has 0 unspecified atom stereocenters. The number of carbonyl (C=O) groups excluding carboxylic acids is 2. The van der Waals surface area contributed by atoms with Crippen molar-refractivity contribution in [2.24, 2.45) is 0 Å². The molecule has 0 atom stereocenters. The van der Waals surface area contributed by atoms with Crippen molar-refractivity contribution in [1.29, 1.82) is 0 Å². The van der Waals surface area contributed by atoms with Gasteiger partial charge in [-0.1, -0.05) is 41.6 Å². The van der Waals surface area contributed by atoms with Crippen LogP contribution in [0, 0.1) is 31.5 Å². The second kappa shape index (κ2) is 9.74. The predicted molar refractivity (Wildman–Crippen MR) is 130 cm³/mol. The molecule has 0 aliphatic rings. The van der Waals surface area contributed by atoms with E-state index < -0.39 is 11.8 Å². The maximum Gasteiger partial charge on any atom is 0.271 e. The second-order valence-corrected chi connectivity index (χ2v) is 8.09. The molecule has 0 saturated heterocycles. The third-order valence-electron chi connectivity index (χ3n) is 5.22. The summed E-state index contributed by atoms with van der Waals surface area (Å²) in [6.07, 6.45) is 1.62. The van der Waals surface area contributed by atoms with Crippen LogP contribution < -0.4 is 10.9 Å². The number of pyridine rings is 1. The molecule has 0 spiro atoms. The van der Waals surface area contributed by atoms with E-state index in [1.54, 1.807) is 61.7 Å². The lowest BCUT2D eigenvalue weighted by Crippen LogP contribution is -2.42. The zero-order chi connectivity index (χ0) is 24.2. The van der Waals surface area contributed by atoms with E-state index in [-0.39, 0.29) is 5.82 Å². The van der Waals surface area contributed by atoms with Gasteiger partial charge in [0.25, 0.3) is 11.8 Å². The lowest BCUT2D eigenvalue weighted by Gasteiger charge is -2.11. The molecule has 1 heterocycles. The maximum atomic E-state index is 13.5. The van der Waals surface area contributed by atoms with E-state index in [1.165, 1.54) is 12.1 Å². The van der Waals surface area contributed by atoms with E-state index in [0.29, 0.717) is 43.7 Å². The molecule has 0 saturated carbocycles. The number of amides is 2. The normalized spacial score (nSPS) is 10.4. The Labute approximate surface area is 200 Å². The standard InChI is InChI=1S/C27H19ClFN3O2/c1-16-6-8-20(26(33)31-32-27(34)25-17(2)4-3-5-23(25)28)13-19(16)9-7-18-12-21-14-22(29)10-11-24(21)30-15-18/h3-6,8,10-15H,1-2H3,(H,31,33)(H,32,34). The maximum absolute atomic E-state index is 13.5. The summed E-state index contributed by atoms with van der Waals surface area (Å²) in [4.78, 5) is 29.4. The minimum atomic E-state index is -0.510. The van der Waals surface area contributed by atoms with Gasteiger partial charge in [0.1, 0.15) is 5.82 Å². The lowest BCUT2D eigenvalue weighted by molar-refractivity contribution is 0.0846. The van der Waals surface area contributed by atoms with Crippen molar-refractivity contribution in [3.05, 3.63) is 111 Å². The number of aromatic nitrogens is 1. The molecule has 0 aliphatic heterocycles. The van der Waals surface area contributed by atoms with Crippen LogP contribution in [0.3, 0.4) is 0 Å². The molecular weight excluding hydrogens is 453 g/mol. The molecule has 168 valence electrons. The van der Waals surface area contributed by atoms with Crippen LogP contribution in [-0.2, 0) is 0 Å². The molecule has 2 N–H and O–H groups in total. The number of carbonyl (C=O) groups is 2. The van der Waals surface area contributed by atoms with Crippen molar-refractivity contribution in [1.82, 2.24) is 15.8 Å². The number of nitrogens with zero attached hydrogens (tertiary/aromatic N) is 1. The Morgan fingerprint density at radius 3 is 2.50 bits per heavy atom. The van der Waals surface area contributed by atoms with E-state index in [4.69, 9.17) is 11.6 Å². The first-order valence-electron chi connectivity index (χ1n) is 10.4. The summed E-state index contributed by atoms with van der Waals surface area (Å²) in [5.41, 5.74) is 8.92. The molecule has 0 radical (unpaired) electrons. The first-order valence-corrected chi connectivity index (χ1v) is 10.7. The van der Waals surface area contributed by atoms with Gasteiger partial charge < -0.3 is 0 Å². The number of nitrogens with one attached hydrogen (secondary N) is 2. The minimum Gasteiger partial charge on any atom is -0.267 e. The summed E-state index contributed by atoms with van der Waals surface area (Å²) >= 11 is 6.11. The van der Waals surface area contributed by atoms with E-state index >= 15 is 0 Å². The topological polar surface area (TPSA) is 71.1 Å². The summed E-state index contributed by atoms with van der Waals surface area (Å²) in [7, 11) is 0. The van der Waals surface area contributed by atoms with Crippen LogP contribution in [0.5, 0.6) is 0 Å². The van der Waals surface area contributed by atoms with Gasteiger partial charge in [-0.25, -0.2) is 4.39 Å². The number of hydrazine groups is 1. The first-order chi connectivity index (χ1) is 16.3. The van der Waals surface area contributed by atoms with Crippen LogP contribution in [0.4, 0.5) is 4.39 Å². The van der Waals surface area contributed by atoms with Gasteiger partial charge >= 0.3 is 0 Å². The highest BCUT2D eigenvalue weighted by Gasteiger charge is 2.15. The van der Waals surface area contributed by atoms with Gasteiger partial charge in [-0.15, -0.1) is 0 Å². The van der Waals surface area contributed by atoms with Crippen LogP contribution in [0.25, 0.3) is 10.9 Å². The monoisotopic (exact) mass is 471 g/mol. The van der Waals surface area contributed by atoms with Gasteiger partial charge in [0.15, 0.2) is 0 Å². The molecule has 7 heteroatoms. The summed E-state index contributed by atoms with van der Waals surface area (Å²) in [6, 6.07) is 16.3. The van der Waals surface area contributed by atoms with Crippen molar-refractivity contribution < 1.29 is 14.0 Å². The molecule has 5 nitrogen and oxygen atoms in total. The largest absolute Gasteiger partial charge is 0.271 e. The van der Waals surface area contributed by atoms with E-state index in [1.807, 2.05) is 6.92 Å². The molecule has 2 amide bonds. The molecule has 1 aromatic heterocycles. The highest BCUT2D eigenvalue weighted by atomic mass is 35.5. The minimum absolute atomic E-state index is 0.295. The van der Waals surface area contributed by atoms with Crippen LogP contribution in [-0.4, -0.2) is 16.8 Å². The molecular formula is C27H19ClFN3O2. The Morgan fingerprint density at radius 1 is 0.912 bits per heavy atom. The molecule has 0 aliphatic carbocycles. The van der Waals surface area contributed by atoms with E-state index in [9.17, 15) is 14.0 Å². The third kappa shape index (κ3) is 5.06. The fraction of sp³-hybridized carbons (Fsp3) is 0.0741. The highest BCUT2D eigenvalue weighted by molar-refractivity contribution is 6.34. The number of hydrogen-bond donors (Lipinski definition) is 2. The molecule has 34 heavy (non-hydrogen) atoms. The number of hydrogen-bond acceptors (Lipinski definition) is 3. The van der Waals surface area contributed by atoms with E-state index in [2.05, 4.69) is 27.7 Å². The molecule has 4 aromatic rings. The Bertz CT molecular complexity index is 1490. The van der Waals surface area contributed by atoms with Crippen molar-refractivity contribution in [3.8, 4) is 11.8 Å². The Hall–Kier alpha value is -4.21. The van der Waals surface area contributed by atoms with Crippen molar-refractivity contribution in [2.45, 2.75) is 13.8 Å². The lowest BCUT2D eigenvalue weighted by atomic mass is 10.0. The second-order valence-electron chi connectivity index (χ2n) is 7.68. The van der Waals surface area contributed by atoms with Gasteiger partial charge in [0.2, 0.25) is 0 Å². The number of benzene rings is 3. The average molecular weight is 472 g/mol. The molecule has 0 bridgehead atoms. The molecule has 3 aromatic carbocycles. The summed E-state index contributed by atoms with van der Waals surface area (Å²) in [6.45, 7) is 3.64. The average Bonchev–Trinajstić information content (AvgIpc) is 2.81. The van der Waals surface area contributed by atoms with Crippen LogP contribution in [0.2, 0.25) is 5.02 Å². The predicted octanol–water partition coefficient (Wildman–Crippen LogP) is 5.12. The molecule has 4 rings (SSSR count). The number of fused-ring (bicyclic) bond motifs is 1. The van der Waals surface area contributed by atoms with Crippen LogP contribution in [0.15, 0.2) is 66.9 Å². The Morgan fingerprint density at radius 2 is 1.71 bits per heavy atom. The van der Waals surface area contributed by atoms with Crippen molar-refractivity contribution >= 4 is 34.3 Å². The van der Waals surface area contributed by atoms with Gasteiger partial charge in [-0.2, -0.15) is 0 Å². The number of halogens is 2. The zero-order valence-electron chi connectivity index (χ0n) is 18.4. The highest BCUT2D eigenvalue weighted by Crippen LogP contribution is 2.19. The quantitative estimate of drug-likeness (QED) is 0.315. The molecule has 0 fully saturated rings. The van der Waals surface area contributed by atoms with Gasteiger partial charge in [-0.3, -0.25) is 25.4 Å². The third-order valence-corrected chi connectivity index (χ3v) is 5.54. The fourth-order valence-corrected chi connectivity index (χ4v) is 3.68. The Kier molecular flexibility index (Phi) is 6.58. The summed E-state index contributed by atoms with van der Waals surface area (Å²) in [5, 5.41) is 0.951. The summed E-state index contributed by atoms with van der Waals surface area (Å²) < 4.78 is 13.5. The Balaban J connectivity index is 1.51. The SMILES string of the molecule is Cc1ccc(C(=O)NNC(=O)c2c(C)cccc2Cl)cc1C#Cc1cnc2ccc(F)cc2c1. The number of rotatable bonds is 2. The first kappa shape index (κ1) is 23.0. The smallest absolute Gasteiger partial charge is 0.267 e. The number of aryl methyl sites for hydroxylation is 2. The fourth-order valence-electron chi connectivity index (χ4n) is 3.38. The van der Waals surface area contributed by atoms with Crippen molar-refractivity contribution in [3.63, 3.8) is 0 Å². The summed E-state index contributed by atoms with van der Waals surface area (Å²) in [5.74, 6) is 4.70.